The fraction of sp³-hybridized carbons (Fsp3) is 0.143. The molecule has 148 valence electrons. The SMILES string of the molecule is CC(=O)OCc1ccc(Nc2nc(-c3ccc(F)cc3)c(C)cc2[N+](=O)[O-])cc1. The number of esters is 1. The van der Waals surface area contributed by atoms with Gasteiger partial charge in [0.05, 0.1) is 10.6 Å². The lowest BCUT2D eigenvalue weighted by Crippen LogP contribution is -2.03. The Bertz CT molecular complexity index is 1050. The highest BCUT2D eigenvalue weighted by Crippen LogP contribution is 2.32. The Balaban J connectivity index is 1.92. The van der Waals surface area contributed by atoms with E-state index < -0.39 is 4.92 Å². The van der Waals surface area contributed by atoms with Crippen molar-refractivity contribution in [2.45, 2.75) is 20.5 Å². The minimum atomic E-state index is -0.508. The number of nitro groups is 1. The van der Waals surface area contributed by atoms with Gasteiger partial charge in [0.25, 0.3) is 0 Å². The predicted molar refractivity (Wildman–Crippen MR) is 106 cm³/mol. The average molecular weight is 395 g/mol. The van der Waals surface area contributed by atoms with Crippen molar-refractivity contribution in [2.24, 2.45) is 0 Å². The molecule has 7 nitrogen and oxygen atoms in total. The zero-order chi connectivity index (χ0) is 21.0. The summed E-state index contributed by atoms with van der Waals surface area (Å²) in [5.41, 5.74) is 2.97. The molecule has 0 aliphatic rings. The van der Waals surface area contributed by atoms with E-state index in [9.17, 15) is 19.3 Å². The summed E-state index contributed by atoms with van der Waals surface area (Å²) in [4.78, 5) is 26.3. The van der Waals surface area contributed by atoms with E-state index in [0.717, 1.165) is 5.56 Å². The summed E-state index contributed by atoms with van der Waals surface area (Å²) >= 11 is 0. The molecule has 29 heavy (non-hydrogen) atoms. The molecule has 3 aromatic rings. The summed E-state index contributed by atoms with van der Waals surface area (Å²) in [6.45, 7) is 3.19. The van der Waals surface area contributed by atoms with Crippen molar-refractivity contribution in [3.05, 3.63) is 81.7 Å². The summed E-state index contributed by atoms with van der Waals surface area (Å²) < 4.78 is 18.2. The Hall–Kier alpha value is -3.81. The Morgan fingerprint density at radius 3 is 2.41 bits per heavy atom. The van der Waals surface area contributed by atoms with Crippen LogP contribution in [0.25, 0.3) is 11.3 Å². The fourth-order valence-corrected chi connectivity index (χ4v) is 2.74. The second kappa shape index (κ2) is 8.47. The topological polar surface area (TPSA) is 94.4 Å². The quantitative estimate of drug-likeness (QED) is 0.362. The third kappa shape index (κ3) is 4.92. The maximum absolute atomic E-state index is 13.2. The van der Waals surface area contributed by atoms with E-state index in [-0.39, 0.29) is 29.9 Å². The highest BCUT2D eigenvalue weighted by Gasteiger charge is 2.19. The van der Waals surface area contributed by atoms with Crippen molar-refractivity contribution in [3.8, 4) is 11.3 Å². The number of ether oxygens (including phenoxy) is 1. The van der Waals surface area contributed by atoms with Crippen molar-refractivity contribution in [1.82, 2.24) is 4.98 Å². The Morgan fingerprint density at radius 2 is 1.83 bits per heavy atom. The number of pyridine rings is 1. The van der Waals surface area contributed by atoms with Gasteiger partial charge >= 0.3 is 11.7 Å². The zero-order valence-corrected chi connectivity index (χ0v) is 15.8. The number of hydrogen-bond acceptors (Lipinski definition) is 6. The minimum Gasteiger partial charge on any atom is -0.461 e. The Morgan fingerprint density at radius 1 is 1.17 bits per heavy atom. The lowest BCUT2D eigenvalue weighted by molar-refractivity contribution is -0.384. The van der Waals surface area contributed by atoms with Crippen molar-refractivity contribution in [1.29, 1.82) is 0 Å². The monoisotopic (exact) mass is 395 g/mol. The molecule has 3 rings (SSSR count). The minimum absolute atomic E-state index is 0.0765. The van der Waals surface area contributed by atoms with E-state index in [0.29, 0.717) is 22.5 Å². The molecule has 1 aromatic heterocycles. The standard InChI is InChI=1S/C21H18FN3O4/c1-13-11-19(25(27)28)21(24-20(13)16-5-7-17(22)8-6-16)23-18-9-3-15(4-10-18)12-29-14(2)26/h3-11H,12H2,1-2H3,(H,23,24). The molecule has 0 radical (unpaired) electrons. The number of benzene rings is 2. The number of aromatic nitrogens is 1. The molecule has 0 saturated carbocycles. The molecule has 0 aliphatic heterocycles. The molecule has 1 heterocycles. The first-order chi connectivity index (χ1) is 13.8. The average Bonchev–Trinajstić information content (AvgIpc) is 2.69. The van der Waals surface area contributed by atoms with Crippen molar-refractivity contribution in [3.63, 3.8) is 0 Å². The highest BCUT2D eigenvalue weighted by atomic mass is 19.1. The van der Waals surface area contributed by atoms with Crippen LogP contribution in [-0.4, -0.2) is 15.9 Å². The molecule has 0 fully saturated rings. The van der Waals surface area contributed by atoms with Gasteiger partial charge in [-0.25, -0.2) is 9.37 Å². The van der Waals surface area contributed by atoms with Gasteiger partial charge in [0.15, 0.2) is 0 Å². The first kappa shape index (κ1) is 19.9. The normalized spacial score (nSPS) is 10.4. The van der Waals surface area contributed by atoms with Gasteiger partial charge < -0.3 is 10.1 Å². The molecule has 0 aliphatic carbocycles. The number of hydrogen-bond donors (Lipinski definition) is 1. The van der Waals surface area contributed by atoms with Gasteiger partial charge in [-0.1, -0.05) is 12.1 Å². The number of rotatable bonds is 6. The van der Waals surface area contributed by atoms with Crippen LogP contribution in [0.1, 0.15) is 18.1 Å². The van der Waals surface area contributed by atoms with E-state index in [1.807, 2.05) is 0 Å². The van der Waals surface area contributed by atoms with Crippen molar-refractivity contribution >= 4 is 23.2 Å². The summed E-state index contributed by atoms with van der Waals surface area (Å²) in [5, 5.41) is 14.4. The number of nitrogens with zero attached hydrogens (tertiary/aromatic N) is 2. The molecule has 0 bridgehead atoms. The van der Waals surface area contributed by atoms with Gasteiger partial charge in [-0.2, -0.15) is 0 Å². The second-order valence-corrected chi connectivity index (χ2v) is 6.39. The van der Waals surface area contributed by atoms with E-state index in [4.69, 9.17) is 4.74 Å². The highest BCUT2D eigenvalue weighted by molar-refractivity contribution is 5.73. The largest absolute Gasteiger partial charge is 0.461 e. The lowest BCUT2D eigenvalue weighted by atomic mass is 10.1. The molecule has 0 amide bonds. The van der Waals surface area contributed by atoms with Crippen LogP contribution in [0.3, 0.4) is 0 Å². The maximum Gasteiger partial charge on any atom is 0.312 e. The van der Waals surface area contributed by atoms with Crippen LogP contribution in [-0.2, 0) is 16.1 Å². The van der Waals surface area contributed by atoms with Crippen LogP contribution in [0.15, 0.2) is 54.6 Å². The van der Waals surface area contributed by atoms with Gasteiger partial charge in [0.2, 0.25) is 5.82 Å². The smallest absolute Gasteiger partial charge is 0.312 e. The first-order valence-electron chi connectivity index (χ1n) is 8.75. The van der Waals surface area contributed by atoms with Gasteiger partial charge in [-0.05, 0) is 54.4 Å². The molecular formula is C21H18FN3O4. The van der Waals surface area contributed by atoms with Crippen LogP contribution in [0, 0.1) is 22.9 Å². The number of halogens is 1. The molecular weight excluding hydrogens is 377 g/mol. The molecule has 2 aromatic carbocycles. The number of carbonyl (C=O) groups excluding carboxylic acids is 1. The summed E-state index contributed by atoms with van der Waals surface area (Å²) in [6, 6.07) is 14.1. The maximum atomic E-state index is 13.2. The fourth-order valence-electron chi connectivity index (χ4n) is 2.74. The molecule has 8 heteroatoms. The van der Waals surface area contributed by atoms with E-state index in [1.54, 1.807) is 43.3 Å². The lowest BCUT2D eigenvalue weighted by Gasteiger charge is -2.11. The third-order valence-electron chi connectivity index (χ3n) is 4.17. The number of aryl methyl sites for hydroxylation is 1. The predicted octanol–water partition coefficient (Wildman–Crippen LogP) is 4.91. The first-order valence-corrected chi connectivity index (χ1v) is 8.75. The van der Waals surface area contributed by atoms with E-state index in [1.165, 1.54) is 25.1 Å². The molecule has 0 saturated heterocycles. The van der Waals surface area contributed by atoms with Gasteiger partial charge in [-0.3, -0.25) is 14.9 Å². The number of anilines is 2. The van der Waals surface area contributed by atoms with E-state index >= 15 is 0 Å². The van der Waals surface area contributed by atoms with E-state index in [2.05, 4.69) is 10.3 Å². The van der Waals surface area contributed by atoms with Gasteiger partial charge in [-0.15, -0.1) is 0 Å². The Labute approximate surface area is 166 Å². The van der Waals surface area contributed by atoms with Crippen LogP contribution in [0.5, 0.6) is 0 Å². The summed E-state index contributed by atoms with van der Waals surface area (Å²) in [7, 11) is 0. The van der Waals surface area contributed by atoms with Gasteiger partial charge in [0, 0.05) is 24.2 Å². The zero-order valence-electron chi connectivity index (χ0n) is 15.8. The van der Waals surface area contributed by atoms with Crippen LogP contribution < -0.4 is 5.32 Å². The Kier molecular flexibility index (Phi) is 5.82. The van der Waals surface area contributed by atoms with Crippen LogP contribution in [0.2, 0.25) is 0 Å². The van der Waals surface area contributed by atoms with Crippen molar-refractivity contribution in [2.75, 3.05) is 5.32 Å². The van der Waals surface area contributed by atoms with Crippen LogP contribution in [0.4, 0.5) is 21.6 Å². The molecule has 1 N–H and O–H groups in total. The summed E-state index contributed by atoms with van der Waals surface area (Å²) in [6.07, 6.45) is 0. The second-order valence-electron chi connectivity index (χ2n) is 6.39. The summed E-state index contributed by atoms with van der Waals surface area (Å²) in [5.74, 6) is -0.673. The third-order valence-corrected chi connectivity index (χ3v) is 4.17. The molecule has 0 unspecified atom stereocenters. The molecule has 0 spiro atoms. The van der Waals surface area contributed by atoms with Crippen LogP contribution >= 0.6 is 0 Å². The number of carbonyl (C=O) groups is 1. The molecule has 0 atom stereocenters. The van der Waals surface area contributed by atoms with Crippen molar-refractivity contribution < 1.29 is 18.8 Å². The van der Waals surface area contributed by atoms with Gasteiger partial charge in [0.1, 0.15) is 12.4 Å². The number of nitrogens with one attached hydrogen (secondary N) is 1.